The van der Waals surface area contributed by atoms with E-state index in [9.17, 15) is 4.39 Å². The van der Waals surface area contributed by atoms with Crippen LogP contribution in [0.1, 0.15) is 5.56 Å². The third kappa shape index (κ3) is 3.23. The van der Waals surface area contributed by atoms with Crippen molar-refractivity contribution in [3.63, 3.8) is 0 Å². The average Bonchev–Trinajstić information content (AvgIpc) is 2.40. The monoisotopic (exact) mass is 310 g/mol. The number of ether oxygens (including phenoxy) is 2. The summed E-state index contributed by atoms with van der Waals surface area (Å²) in [5.41, 5.74) is 0.507. The summed E-state index contributed by atoms with van der Waals surface area (Å²) in [6, 6.07) is 12.0. The topological polar surface area (TPSA) is 18.5 Å². The molecule has 0 radical (unpaired) electrons. The summed E-state index contributed by atoms with van der Waals surface area (Å²) < 4.78 is 24.9. The van der Waals surface area contributed by atoms with Gasteiger partial charge in [-0.3, -0.25) is 0 Å². The Balaban J connectivity index is 2.08. The zero-order valence-electron chi connectivity index (χ0n) is 9.82. The zero-order valence-corrected chi connectivity index (χ0v) is 11.4. The molecule has 0 heterocycles. The number of rotatable bonds is 4. The van der Waals surface area contributed by atoms with Crippen molar-refractivity contribution < 1.29 is 13.9 Å². The Morgan fingerprint density at radius 1 is 1.11 bits per heavy atom. The highest BCUT2D eigenvalue weighted by Gasteiger charge is 2.04. The Bertz CT molecular complexity index is 543. The molecule has 0 aromatic heterocycles. The molecular formula is C14H12BrFO2. The minimum atomic E-state index is -0.277. The molecule has 2 aromatic rings. The first-order valence-corrected chi connectivity index (χ1v) is 6.19. The predicted octanol–water partition coefficient (Wildman–Crippen LogP) is 4.18. The molecule has 0 saturated carbocycles. The van der Waals surface area contributed by atoms with Gasteiger partial charge in [0.05, 0.1) is 7.11 Å². The summed E-state index contributed by atoms with van der Waals surface area (Å²) in [6.45, 7) is 0.179. The summed E-state index contributed by atoms with van der Waals surface area (Å²) >= 11 is 3.30. The normalized spacial score (nSPS) is 10.2. The molecule has 2 nitrogen and oxygen atoms in total. The number of hydrogen-bond donors (Lipinski definition) is 0. The summed E-state index contributed by atoms with van der Waals surface area (Å²) in [5, 5.41) is 0. The van der Waals surface area contributed by atoms with Crippen molar-refractivity contribution in [3.8, 4) is 11.5 Å². The molecule has 94 valence electrons. The first-order valence-electron chi connectivity index (χ1n) is 5.40. The van der Waals surface area contributed by atoms with E-state index < -0.39 is 0 Å². The Morgan fingerprint density at radius 2 is 1.89 bits per heavy atom. The highest BCUT2D eigenvalue weighted by Crippen LogP contribution is 2.21. The van der Waals surface area contributed by atoms with E-state index in [1.807, 2.05) is 12.1 Å². The average molecular weight is 311 g/mol. The fourth-order valence-electron chi connectivity index (χ4n) is 1.51. The number of halogens is 2. The lowest BCUT2D eigenvalue weighted by molar-refractivity contribution is 0.297. The van der Waals surface area contributed by atoms with Crippen LogP contribution in [0.2, 0.25) is 0 Å². The van der Waals surface area contributed by atoms with E-state index in [-0.39, 0.29) is 12.4 Å². The second kappa shape index (κ2) is 5.87. The fraction of sp³-hybridized carbons (Fsp3) is 0.143. The Hall–Kier alpha value is -1.55. The molecule has 0 bridgehead atoms. The molecule has 0 N–H and O–H groups in total. The lowest BCUT2D eigenvalue weighted by Gasteiger charge is -2.08. The van der Waals surface area contributed by atoms with E-state index >= 15 is 0 Å². The number of hydrogen-bond acceptors (Lipinski definition) is 2. The van der Waals surface area contributed by atoms with E-state index in [0.29, 0.717) is 17.1 Å². The van der Waals surface area contributed by atoms with E-state index in [4.69, 9.17) is 9.47 Å². The van der Waals surface area contributed by atoms with Crippen molar-refractivity contribution in [1.82, 2.24) is 0 Å². The maximum Gasteiger partial charge on any atom is 0.129 e. The van der Waals surface area contributed by atoms with Crippen LogP contribution in [0, 0.1) is 5.82 Å². The second-order valence-corrected chi connectivity index (χ2v) is 4.62. The number of benzene rings is 2. The van der Waals surface area contributed by atoms with Gasteiger partial charge in [0.1, 0.15) is 23.9 Å². The molecule has 0 aliphatic heterocycles. The predicted molar refractivity (Wildman–Crippen MR) is 71.4 cm³/mol. The van der Waals surface area contributed by atoms with Gasteiger partial charge in [-0.15, -0.1) is 0 Å². The maximum atomic E-state index is 13.5. The largest absolute Gasteiger partial charge is 0.497 e. The van der Waals surface area contributed by atoms with Crippen LogP contribution in [-0.4, -0.2) is 7.11 Å². The van der Waals surface area contributed by atoms with Gasteiger partial charge in [0.15, 0.2) is 0 Å². The van der Waals surface area contributed by atoms with Gasteiger partial charge in [-0.1, -0.05) is 22.0 Å². The zero-order chi connectivity index (χ0) is 13.0. The third-order valence-electron chi connectivity index (χ3n) is 2.44. The van der Waals surface area contributed by atoms with Crippen molar-refractivity contribution >= 4 is 15.9 Å². The highest BCUT2D eigenvalue weighted by atomic mass is 79.9. The van der Waals surface area contributed by atoms with Crippen LogP contribution >= 0.6 is 15.9 Å². The van der Waals surface area contributed by atoms with Crippen LogP contribution in [0.15, 0.2) is 46.9 Å². The van der Waals surface area contributed by atoms with Gasteiger partial charge in [-0.05, 0) is 30.3 Å². The van der Waals surface area contributed by atoms with Gasteiger partial charge in [0.25, 0.3) is 0 Å². The molecule has 2 aromatic carbocycles. The molecule has 0 atom stereocenters. The molecule has 4 heteroatoms. The minimum absolute atomic E-state index is 0.179. The van der Waals surface area contributed by atoms with Gasteiger partial charge in [0, 0.05) is 16.1 Å². The van der Waals surface area contributed by atoms with E-state index in [0.717, 1.165) is 4.47 Å². The SMILES string of the molecule is COc1cccc(OCc2cc(Br)ccc2F)c1. The van der Waals surface area contributed by atoms with Gasteiger partial charge in [-0.2, -0.15) is 0 Å². The molecular weight excluding hydrogens is 299 g/mol. The summed E-state index contributed by atoms with van der Waals surface area (Å²) in [6.07, 6.45) is 0. The standard InChI is InChI=1S/C14H12BrFO2/c1-17-12-3-2-4-13(8-12)18-9-10-7-11(15)5-6-14(10)16/h2-8H,9H2,1H3. The molecule has 0 amide bonds. The van der Waals surface area contributed by atoms with Gasteiger partial charge in [-0.25, -0.2) is 4.39 Å². The number of methoxy groups -OCH3 is 1. The van der Waals surface area contributed by atoms with Crippen LogP contribution in [0.4, 0.5) is 4.39 Å². The summed E-state index contributed by atoms with van der Waals surface area (Å²) in [4.78, 5) is 0. The van der Waals surface area contributed by atoms with E-state index in [1.54, 1.807) is 31.4 Å². The first kappa shape index (κ1) is 12.9. The Kier molecular flexibility index (Phi) is 4.20. The Morgan fingerprint density at radius 3 is 2.67 bits per heavy atom. The molecule has 2 rings (SSSR count). The van der Waals surface area contributed by atoms with Crippen molar-refractivity contribution in [2.24, 2.45) is 0 Å². The lowest BCUT2D eigenvalue weighted by atomic mass is 10.2. The summed E-state index contributed by atoms with van der Waals surface area (Å²) in [5.74, 6) is 1.08. The third-order valence-corrected chi connectivity index (χ3v) is 2.94. The van der Waals surface area contributed by atoms with Crippen molar-refractivity contribution in [1.29, 1.82) is 0 Å². The van der Waals surface area contributed by atoms with Crippen LogP contribution in [0.25, 0.3) is 0 Å². The van der Waals surface area contributed by atoms with Gasteiger partial charge < -0.3 is 9.47 Å². The highest BCUT2D eigenvalue weighted by molar-refractivity contribution is 9.10. The van der Waals surface area contributed by atoms with Gasteiger partial charge >= 0.3 is 0 Å². The molecule has 0 fully saturated rings. The van der Waals surface area contributed by atoms with E-state index in [2.05, 4.69) is 15.9 Å². The maximum absolute atomic E-state index is 13.5. The molecule has 0 saturated heterocycles. The minimum Gasteiger partial charge on any atom is -0.497 e. The van der Waals surface area contributed by atoms with Crippen molar-refractivity contribution in [2.45, 2.75) is 6.61 Å². The first-order chi connectivity index (χ1) is 8.69. The van der Waals surface area contributed by atoms with E-state index in [1.165, 1.54) is 6.07 Å². The quantitative estimate of drug-likeness (QED) is 0.843. The molecule has 0 aliphatic rings. The summed E-state index contributed by atoms with van der Waals surface area (Å²) in [7, 11) is 1.59. The van der Waals surface area contributed by atoms with Crippen LogP contribution in [0.3, 0.4) is 0 Å². The van der Waals surface area contributed by atoms with Crippen LogP contribution in [0.5, 0.6) is 11.5 Å². The Labute approximate surface area is 113 Å². The van der Waals surface area contributed by atoms with Gasteiger partial charge in [0.2, 0.25) is 0 Å². The molecule has 18 heavy (non-hydrogen) atoms. The smallest absolute Gasteiger partial charge is 0.129 e. The molecule has 0 unspecified atom stereocenters. The molecule has 0 spiro atoms. The van der Waals surface area contributed by atoms with Crippen molar-refractivity contribution in [2.75, 3.05) is 7.11 Å². The van der Waals surface area contributed by atoms with Crippen molar-refractivity contribution in [3.05, 3.63) is 58.3 Å². The second-order valence-electron chi connectivity index (χ2n) is 3.70. The fourth-order valence-corrected chi connectivity index (χ4v) is 1.91. The molecule has 0 aliphatic carbocycles. The van der Waals surface area contributed by atoms with Crippen LogP contribution in [-0.2, 0) is 6.61 Å². The lowest BCUT2D eigenvalue weighted by Crippen LogP contribution is -1.98. The van der Waals surface area contributed by atoms with Crippen LogP contribution < -0.4 is 9.47 Å².